The Morgan fingerprint density at radius 3 is 2.54 bits per heavy atom. The average Bonchev–Trinajstić information content (AvgIpc) is 2.71. The molecule has 1 aliphatic rings. The third-order valence-electron chi connectivity index (χ3n) is 4.88. The van der Waals surface area contributed by atoms with Crippen LogP contribution in [0, 0.1) is 11.6 Å². The number of quaternary nitrogens is 1. The van der Waals surface area contributed by atoms with E-state index >= 15 is 0 Å². The summed E-state index contributed by atoms with van der Waals surface area (Å²) in [5.41, 5.74) is 1.18. The minimum atomic E-state index is -0.904. The van der Waals surface area contributed by atoms with Crippen LogP contribution in [-0.2, 0) is 9.53 Å². The first kappa shape index (κ1) is 20.8. The van der Waals surface area contributed by atoms with Gasteiger partial charge in [0.25, 0.3) is 0 Å². The van der Waals surface area contributed by atoms with Crippen LogP contribution in [0.3, 0.4) is 0 Å². The summed E-state index contributed by atoms with van der Waals surface area (Å²) >= 11 is 1.19. The summed E-state index contributed by atoms with van der Waals surface area (Å²) in [5.74, 6) is -1.77. The van der Waals surface area contributed by atoms with E-state index in [1.165, 1.54) is 28.3 Å². The zero-order chi connectivity index (χ0) is 19.9. The lowest BCUT2D eigenvalue weighted by Crippen LogP contribution is -3.15. The molecule has 150 valence electrons. The quantitative estimate of drug-likeness (QED) is 0.692. The van der Waals surface area contributed by atoms with Crippen molar-refractivity contribution in [3.63, 3.8) is 0 Å². The number of ether oxygens (including phenoxy) is 1. The molecule has 0 aliphatic carbocycles. The molecule has 28 heavy (non-hydrogen) atoms. The van der Waals surface area contributed by atoms with Crippen molar-refractivity contribution in [3.8, 4) is 0 Å². The van der Waals surface area contributed by atoms with Gasteiger partial charge < -0.3 is 15.0 Å². The van der Waals surface area contributed by atoms with E-state index in [0.717, 1.165) is 25.2 Å². The highest BCUT2D eigenvalue weighted by molar-refractivity contribution is 8.00. The summed E-state index contributed by atoms with van der Waals surface area (Å²) in [5, 5.41) is 3.08. The first-order chi connectivity index (χ1) is 13.5. The number of halogens is 2. The predicted molar refractivity (Wildman–Crippen MR) is 105 cm³/mol. The highest BCUT2D eigenvalue weighted by atomic mass is 32.2. The largest absolute Gasteiger partial charge is 0.370 e. The zero-order valence-electron chi connectivity index (χ0n) is 15.8. The van der Waals surface area contributed by atoms with Crippen molar-refractivity contribution in [1.29, 1.82) is 0 Å². The minimum Gasteiger partial charge on any atom is -0.370 e. The maximum absolute atomic E-state index is 13.3. The molecule has 0 spiro atoms. The van der Waals surface area contributed by atoms with Gasteiger partial charge >= 0.3 is 0 Å². The third kappa shape index (κ3) is 5.53. The topological polar surface area (TPSA) is 42.8 Å². The van der Waals surface area contributed by atoms with Crippen molar-refractivity contribution >= 4 is 17.7 Å². The van der Waals surface area contributed by atoms with E-state index in [1.807, 2.05) is 25.1 Å². The van der Waals surface area contributed by atoms with Crippen molar-refractivity contribution in [3.05, 3.63) is 65.7 Å². The fourth-order valence-electron chi connectivity index (χ4n) is 3.58. The van der Waals surface area contributed by atoms with Crippen LogP contribution in [-0.4, -0.2) is 44.0 Å². The van der Waals surface area contributed by atoms with Gasteiger partial charge in [0, 0.05) is 10.5 Å². The lowest BCUT2D eigenvalue weighted by molar-refractivity contribution is -0.940. The van der Waals surface area contributed by atoms with E-state index in [9.17, 15) is 13.6 Å². The smallest absolute Gasteiger partial charge is 0.230 e. The lowest BCUT2D eigenvalue weighted by Gasteiger charge is -2.35. The van der Waals surface area contributed by atoms with Gasteiger partial charge in [-0.2, -0.15) is 0 Å². The van der Waals surface area contributed by atoms with Crippen molar-refractivity contribution in [2.45, 2.75) is 23.9 Å². The Bertz CT molecular complexity index is 785. The zero-order valence-corrected chi connectivity index (χ0v) is 16.6. The van der Waals surface area contributed by atoms with E-state index in [2.05, 4.69) is 17.4 Å². The van der Waals surface area contributed by atoms with E-state index < -0.39 is 11.6 Å². The van der Waals surface area contributed by atoms with Crippen LogP contribution in [0.2, 0.25) is 0 Å². The molecule has 0 saturated carbocycles. The number of thioether (sulfide) groups is 1. The molecular weight excluding hydrogens is 382 g/mol. The molecule has 1 saturated heterocycles. The number of morpholine rings is 1. The van der Waals surface area contributed by atoms with Crippen molar-refractivity contribution < 1.29 is 23.2 Å². The predicted octanol–water partition coefficient (Wildman–Crippen LogP) is 2.22. The van der Waals surface area contributed by atoms with Crippen LogP contribution in [0.1, 0.15) is 18.5 Å². The van der Waals surface area contributed by atoms with E-state index in [0.29, 0.717) is 18.1 Å². The van der Waals surface area contributed by atoms with Gasteiger partial charge in [-0.3, -0.25) is 4.79 Å². The van der Waals surface area contributed by atoms with Crippen LogP contribution >= 0.6 is 11.8 Å². The van der Waals surface area contributed by atoms with Gasteiger partial charge in [-0.25, -0.2) is 8.78 Å². The normalized spacial score (nSPS) is 17.1. The summed E-state index contributed by atoms with van der Waals surface area (Å²) in [7, 11) is 0. The maximum atomic E-state index is 13.3. The molecule has 1 fully saturated rings. The Balaban J connectivity index is 1.62. The number of nitrogens with one attached hydrogen (secondary N) is 2. The monoisotopic (exact) mass is 407 g/mol. The Labute approximate surface area is 168 Å². The van der Waals surface area contributed by atoms with Gasteiger partial charge in [0.1, 0.15) is 19.1 Å². The molecule has 2 atom stereocenters. The van der Waals surface area contributed by atoms with Crippen LogP contribution in [0.4, 0.5) is 8.78 Å². The molecule has 0 radical (unpaired) electrons. The summed E-state index contributed by atoms with van der Waals surface area (Å²) in [6.45, 7) is 5.23. The molecule has 3 rings (SSSR count). The second-order valence-electron chi connectivity index (χ2n) is 6.88. The minimum absolute atomic E-state index is 0.0754. The Kier molecular flexibility index (Phi) is 7.42. The van der Waals surface area contributed by atoms with Crippen LogP contribution in [0.15, 0.2) is 53.4 Å². The molecule has 1 aliphatic heterocycles. The molecule has 2 aromatic rings. The van der Waals surface area contributed by atoms with E-state index in [-0.39, 0.29) is 23.7 Å². The maximum Gasteiger partial charge on any atom is 0.230 e. The van der Waals surface area contributed by atoms with E-state index in [1.54, 1.807) is 0 Å². The van der Waals surface area contributed by atoms with Crippen LogP contribution in [0.5, 0.6) is 0 Å². The fourth-order valence-corrected chi connectivity index (χ4v) is 4.31. The number of carbonyl (C=O) groups is 1. The molecule has 0 bridgehead atoms. The second kappa shape index (κ2) is 10.0. The number of rotatable bonds is 7. The number of carbonyl (C=O) groups excluding carboxylic acids is 1. The summed E-state index contributed by atoms with van der Waals surface area (Å²) in [6.07, 6.45) is 0. The van der Waals surface area contributed by atoms with E-state index in [4.69, 9.17) is 4.74 Å². The molecule has 1 amide bonds. The Morgan fingerprint density at radius 1 is 1.14 bits per heavy atom. The number of hydrogen-bond donors (Lipinski definition) is 2. The molecule has 2 N–H and O–H groups in total. The summed E-state index contributed by atoms with van der Waals surface area (Å²) in [4.78, 5) is 14.4. The summed E-state index contributed by atoms with van der Waals surface area (Å²) in [6, 6.07) is 13.9. The molecule has 1 heterocycles. The molecule has 4 nitrogen and oxygen atoms in total. The molecule has 0 aromatic heterocycles. The van der Waals surface area contributed by atoms with Gasteiger partial charge in [0.2, 0.25) is 5.91 Å². The number of hydrogen-bond acceptors (Lipinski definition) is 3. The van der Waals surface area contributed by atoms with Gasteiger partial charge in [0.15, 0.2) is 11.6 Å². The van der Waals surface area contributed by atoms with Gasteiger partial charge in [-0.15, -0.1) is 11.8 Å². The molecule has 0 unspecified atom stereocenters. The fraction of sp³-hybridized carbons (Fsp3) is 0.381. The third-order valence-corrected chi connectivity index (χ3v) is 5.88. The van der Waals surface area contributed by atoms with Crippen LogP contribution in [0.25, 0.3) is 0 Å². The second-order valence-corrected chi connectivity index (χ2v) is 7.93. The number of amides is 1. The Hall–Kier alpha value is -1.96. The van der Waals surface area contributed by atoms with Crippen molar-refractivity contribution in [2.24, 2.45) is 0 Å². The average molecular weight is 408 g/mol. The summed E-state index contributed by atoms with van der Waals surface area (Å²) < 4.78 is 31.8. The van der Waals surface area contributed by atoms with Gasteiger partial charge in [-0.1, -0.05) is 30.3 Å². The SMILES string of the molecule is C[C@H](NC(=O)CSc1ccc(F)c(F)c1)[C@@H](c1ccccc1)[NH+]1CCOCC1. The van der Waals surface area contributed by atoms with Crippen molar-refractivity contribution in [1.82, 2.24) is 5.32 Å². The highest BCUT2D eigenvalue weighted by Crippen LogP contribution is 2.20. The standard InChI is InChI=1S/C21H24F2N2O2S/c1-15(24-20(26)14-28-17-7-8-18(22)19(23)13-17)21(16-5-3-2-4-6-16)25-9-11-27-12-10-25/h2-8,13,15,21H,9-12,14H2,1H3,(H,24,26)/p+1/t15-,21-/m0/s1. The van der Waals surface area contributed by atoms with Gasteiger partial charge in [0.05, 0.1) is 25.0 Å². The lowest BCUT2D eigenvalue weighted by atomic mass is 9.98. The van der Waals surface area contributed by atoms with Gasteiger partial charge in [-0.05, 0) is 25.1 Å². The highest BCUT2D eigenvalue weighted by Gasteiger charge is 2.32. The molecule has 7 heteroatoms. The molecular formula is C21H25F2N2O2S+. The van der Waals surface area contributed by atoms with Crippen molar-refractivity contribution in [2.75, 3.05) is 32.1 Å². The first-order valence-corrected chi connectivity index (χ1v) is 10.4. The molecule has 2 aromatic carbocycles. The van der Waals surface area contributed by atoms with Crippen LogP contribution < -0.4 is 10.2 Å². The number of benzene rings is 2. The first-order valence-electron chi connectivity index (χ1n) is 9.39. The Morgan fingerprint density at radius 2 is 1.86 bits per heavy atom.